The van der Waals surface area contributed by atoms with Crippen LogP contribution < -0.4 is 0 Å². The first-order chi connectivity index (χ1) is 7.15. The maximum Gasteiger partial charge on any atom is 0.310 e. The molecule has 0 bridgehead atoms. The van der Waals surface area contributed by atoms with E-state index in [-0.39, 0.29) is 0 Å². The van der Waals surface area contributed by atoms with Crippen LogP contribution in [0.1, 0.15) is 30.9 Å². The Bertz CT molecular complexity index is 319. The fourth-order valence-electron chi connectivity index (χ4n) is 1.27. The highest BCUT2D eigenvalue weighted by Crippen LogP contribution is 2.18. The molecule has 1 unspecified atom stereocenters. The smallest absolute Gasteiger partial charge is 0.310 e. The largest absolute Gasteiger partial charge is 0.481 e. The second kappa shape index (κ2) is 5.81. The number of carboxylic acid groups (broad SMARTS) is 1. The Labute approximate surface area is 94.7 Å². The van der Waals surface area contributed by atoms with Crippen molar-refractivity contribution in [3.8, 4) is 0 Å². The molecule has 2 nitrogen and oxygen atoms in total. The third kappa shape index (κ3) is 3.59. The van der Waals surface area contributed by atoms with Crippen LogP contribution in [0.3, 0.4) is 0 Å². The van der Waals surface area contributed by atoms with Gasteiger partial charge in [0.1, 0.15) is 0 Å². The zero-order chi connectivity index (χ0) is 11.3. The van der Waals surface area contributed by atoms with E-state index in [1.807, 2.05) is 36.0 Å². The third-order valence-corrected chi connectivity index (χ3v) is 3.27. The number of rotatable bonds is 5. The van der Waals surface area contributed by atoms with E-state index in [4.69, 9.17) is 5.11 Å². The van der Waals surface area contributed by atoms with Crippen molar-refractivity contribution in [3.63, 3.8) is 0 Å². The summed E-state index contributed by atoms with van der Waals surface area (Å²) >= 11 is 1.87. The number of hydrogen-bond donors (Lipinski definition) is 1. The van der Waals surface area contributed by atoms with Crippen molar-refractivity contribution in [3.05, 3.63) is 35.4 Å². The molecule has 0 aliphatic rings. The van der Waals surface area contributed by atoms with Crippen LogP contribution in [0.15, 0.2) is 24.3 Å². The summed E-state index contributed by atoms with van der Waals surface area (Å²) in [6, 6.07) is 7.84. The van der Waals surface area contributed by atoms with E-state index in [0.717, 1.165) is 17.1 Å². The highest BCUT2D eigenvalue weighted by molar-refractivity contribution is 7.98. The molecule has 1 aromatic carbocycles. The molecular weight excluding hydrogens is 208 g/mol. The Balaban J connectivity index is 2.67. The summed E-state index contributed by atoms with van der Waals surface area (Å²) in [6.45, 7) is 3.84. The van der Waals surface area contributed by atoms with Gasteiger partial charge in [-0.05, 0) is 23.8 Å². The minimum absolute atomic E-state index is 0.419. The summed E-state index contributed by atoms with van der Waals surface area (Å²) in [5.74, 6) is 0.912. The first-order valence-electron chi connectivity index (χ1n) is 5.04. The van der Waals surface area contributed by atoms with Crippen molar-refractivity contribution < 1.29 is 9.90 Å². The van der Waals surface area contributed by atoms with Crippen LogP contribution in [0.4, 0.5) is 0 Å². The van der Waals surface area contributed by atoms with Crippen LogP contribution >= 0.6 is 11.8 Å². The predicted molar refractivity (Wildman–Crippen MR) is 64.3 cm³/mol. The summed E-state index contributed by atoms with van der Waals surface area (Å²) in [5.41, 5.74) is 2.12. The fourth-order valence-corrected chi connectivity index (χ4v) is 1.90. The molecule has 0 aromatic heterocycles. The highest BCUT2D eigenvalue weighted by Gasteiger charge is 2.12. The van der Waals surface area contributed by atoms with Crippen LogP contribution in [-0.4, -0.2) is 16.8 Å². The summed E-state index contributed by atoms with van der Waals surface area (Å²) in [7, 11) is 0. The third-order valence-electron chi connectivity index (χ3n) is 2.32. The Morgan fingerprint density at radius 3 is 2.47 bits per heavy atom. The summed E-state index contributed by atoms with van der Waals surface area (Å²) in [6.07, 6.45) is 0. The first kappa shape index (κ1) is 12.1. The van der Waals surface area contributed by atoms with Gasteiger partial charge in [-0.15, -0.1) is 0 Å². The van der Waals surface area contributed by atoms with Crippen LogP contribution in [-0.2, 0) is 10.5 Å². The van der Waals surface area contributed by atoms with Crippen LogP contribution in [0, 0.1) is 0 Å². The molecule has 1 rings (SSSR count). The van der Waals surface area contributed by atoms with Gasteiger partial charge in [-0.1, -0.05) is 31.2 Å². The van der Waals surface area contributed by atoms with Crippen molar-refractivity contribution in [1.82, 2.24) is 0 Å². The Morgan fingerprint density at radius 1 is 1.40 bits per heavy atom. The molecule has 1 N–H and O–H groups in total. The van der Waals surface area contributed by atoms with Crippen molar-refractivity contribution in [1.29, 1.82) is 0 Å². The molecule has 0 fully saturated rings. The average Bonchev–Trinajstić information content (AvgIpc) is 2.26. The lowest BCUT2D eigenvalue weighted by atomic mass is 10.0. The molecule has 1 atom stereocenters. The van der Waals surface area contributed by atoms with E-state index in [1.165, 1.54) is 5.56 Å². The molecule has 0 spiro atoms. The summed E-state index contributed by atoms with van der Waals surface area (Å²) < 4.78 is 0. The Morgan fingerprint density at radius 2 is 2.00 bits per heavy atom. The topological polar surface area (TPSA) is 37.3 Å². The van der Waals surface area contributed by atoms with Crippen LogP contribution in [0.5, 0.6) is 0 Å². The van der Waals surface area contributed by atoms with E-state index in [2.05, 4.69) is 6.92 Å². The first-order valence-corrected chi connectivity index (χ1v) is 6.20. The molecule has 1 aromatic rings. The van der Waals surface area contributed by atoms with Gasteiger partial charge >= 0.3 is 5.97 Å². The van der Waals surface area contributed by atoms with Crippen LogP contribution in [0.25, 0.3) is 0 Å². The molecule has 15 heavy (non-hydrogen) atoms. The van der Waals surface area contributed by atoms with E-state index >= 15 is 0 Å². The van der Waals surface area contributed by atoms with Gasteiger partial charge in [-0.3, -0.25) is 4.79 Å². The number of thioether (sulfide) groups is 1. The minimum Gasteiger partial charge on any atom is -0.481 e. The lowest BCUT2D eigenvalue weighted by molar-refractivity contribution is -0.138. The van der Waals surface area contributed by atoms with E-state index in [1.54, 1.807) is 6.92 Å². The molecular formula is C12H16O2S. The monoisotopic (exact) mass is 224 g/mol. The van der Waals surface area contributed by atoms with E-state index in [0.29, 0.717) is 0 Å². The number of carbonyl (C=O) groups is 1. The highest BCUT2D eigenvalue weighted by atomic mass is 32.2. The predicted octanol–water partition coefficient (Wildman–Crippen LogP) is 3.13. The van der Waals surface area contributed by atoms with Gasteiger partial charge in [0, 0.05) is 5.75 Å². The van der Waals surface area contributed by atoms with Gasteiger partial charge in [0.2, 0.25) is 0 Å². The van der Waals surface area contributed by atoms with E-state index in [9.17, 15) is 4.79 Å². The average molecular weight is 224 g/mol. The molecule has 0 saturated carbocycles. The molecule has 0 aliphatic carbocycles. The maximum absolute atomic E-state index is 10.8. The number of benzene rings is 1. The zero-order valence-corrected chi connectivity index (χ0v) is 9.88. The van der Waals surface area contributed by atoms with Crippen molar-refractivity contribution in [2.45, 2.75) is 25.5 Å². The summed E-state index contributed by atoms with van der Waals surface area (Å²) in [5, 5.41) is 8.84. The zero-order valence-electron chi connectivity index (χ0n) is 9.06. The molecule has 3 heteroatoms. The molecule has 0 aliphatic heterocycles. The fraction of sp³-hybridized carbons (Fsp3) is 0.417. The molecule has 82 valence electrons. The number of carboxylic acids is 1. The van der Waals surface area contributed by atoms with Gasteiger partial charge in [0.15, 0.2) is 0 Å². The number of aliphatic carboxylic acids is 1. The molecule has 0 heterocycles. The maximum atomic E-state index is 10.8. The van der Waals surface area contributed by atoms with Gasteiger partial charge in [0.05, 0.1) is 5.92 Å². The Kier molecular flexibility index (Phi) is 4.69. The lowest BCUT2D eigenvalue weighted by Crippen LogP contribution is -2.07. The SMILES string of the molecule is CCSCc1ccc(C(C)C(=O)O)cc1. The van der Waals surface area contributed by atoms with E-state index < -0.39 is 11.9 Å². The molecule has 0 saturated heterocycles. The second-order valence-corrected chi connectivity index (χ2v) is 4.71. The second-order valence-electron chi connectivity index (χ2n) is 3.44. The summed E-state index contributed by atoms with van der Waals surface area (Å²) in [4.78, 5) is 10.8. The van der Waals surface area contributed by atoms with Gasteiger partial charge in [-0.2, -0.15) is 11.8 Å². The van der Waals surface area contributed by atoms with Crippen LogP contribution in [0.2, 0.25) is 0 Å². The molecule has 0 radical (unpaired) electrons. The minimum atomic E-state index is -0.773. The lowest BCUT2D eigenvalue weighted by Gasteiger charge is -2.07. The quantitative estimate of drug-likeness (QED) is 0.835. The van der Waals surface area contributed by atoms with Crippen molar-refractivity contribution >= 4 is 17.7 Å². The van der Waals surface area contributed by atoms with Crippen molar-refractivity contribution in [2.24, 2.45) is 0 Å². The van der Waals surface area contributed by atoms with Gasteiger partial charge in [-0.25, -0.2) is 0 Å². The Hall–Kier alpha value is -0.960. The van der Waals surface area contributed by atoms with Crippen molar-refractivity contribution in [2.75, 3.05) is 5.75 Å². The number of hydrogen-bond acceptors (Lipinski definition) is 2. The van der Waals surface area contributed by atoms with Gasteiger partial charge < -0.3 is 5.11 Å². The van der Waals surface area contributed by atoms with Gasteiger partial charge in [0.25, 0.3) is 0 Å². The standard InChI is InChI=1S/C12H16O2S/c1-3-15-8-10-4-6-11(7-5-10)9(2)12(13)14/h4-7,9H,3,8H2,1-2H3,(H,13,14). The molecule has 0 amide bonds. The normalized spacial score (nSPS) is 12.4.